The van der Waals surface area contributed by atoms with Gasteiger partial charge >= 0.3 is 0 Å². The maximum atomic E-state index is 11.8. The van der Waals surface area contributed by atoms with E-state index in [9.17, 15) is 4.79 Å². The first-order valence-electron chi connectivity index (χ1n) is 6.43. The van der Waals surface area contributed by atoms with Gasteiger partial charge < -0.3 is 10.6 Å². The van der Waals surface area contributed by atoms with Crippen LogP contribution in [0, 0.1) is 0 Å². The molecule has 0 spiro atoms. The van der Waals surface area contributed by atoms with Crippen LogP contribution in [0.15, 0.2) is 24.3 Å². The van der Waals surface area contributed by atoms with E-state index in [1.54, 1.807) is 12.1 Å². The van der Waals surface area contributed by atoms with Gasteiger partial charge in [-0.3, -0.25) is 4.79 Å². The quantitative estimate of drug-likeness (QED) is 0.744. The molecule has 0 bridgehead atoms. The summed E-state index contributed by atoms with van der Waals surface area (Å²) in [7, 11) is 0. The Balaban J connectivity index is 2.33. The Kier molecular flexibility index (Phi) is 6.58. The number of amides is 1. The van der Waals surface area contributed by atoms with Gasteiger partial charge in [0.05, 0.1) is 0 Å². The van der Waals surface area contributed by atoms with Crippen molar-refractivity contribution in [1.29, 1.82) is 0 Å². The molecule has 0 aliphatic heterocycles. The molecule has 4 heteroatoms. The molecule has 0 aromatic heterocycles. The van der Waals surface area contributed by atoms with E-state index < -0.39 is 0 Å². The van der Waals surface area contributed by atoms with Gasteiger partial charge in [-0.1, -0.05) is 31.4 Å². The van der Waals surface area contributed by atoms with Crippen LogP contribution >= 0.6 is 11.6 Å². The average Bonchev–Trinajstić information content (AvgIpc) is 2.37. The summed E-state index contributed by atoms with van der Waals surface area (Å²) in [6.07, 6.45) is 3.35. The molecule has 2 N–H and O–H groups in total. The first-order chi connectivity index (χ1) is 8.63. The van der Waals surface area contributed by atoms with Crippen molar-refractivity contribution in [1.82, 2.24) is 5.32 Å². The number of hydrogen-bond donors (Lipinski definition) is 2. The summed E-state index contributed by atoms with van der Waals surface area (Å²) in [4.78, 5) is 11.8. The predicted molar refractivity (Wildman–Crippen MR) is 77.1 cm³/mol. The molecule has 0 radical (unpaired) electrons. The summed E-state index contributed by atoms with van der Waals surface area (Å²) in [5.41, 5.74) is 0.899. The summed E-state index contributed by atoms with van der Waals surface area (Å²) < 4.78 is 0. The zero-order valence-electron chi connectivity index (χ0n) is 11.0. The van der Waals surface area contributed by atoms with Crippen LogP contribution in [0.1, 0.15) is 33.1 Å². The number of carbonyl (C=O) groups excluding carboxylic acids is 1. The highest BCUT2D eigenvalue weighted by atomic mass is 35.5. The van der Waals surface area contributed by atoms with E-state index in [4.69, 9.17) is 11.6 Å². The fourth-order valence-electron chi connectivity index (χ4n) is 1.60. The minimum Gasteiger partial charge on any atom is -0.374 e. The number of halogens is 1. The summed E-state index contributed by atoms with van der Waals surface area (Å²) in [5.74, 6) is 0.0288. The lowest BCUT2D eigenvalue weighted by molar-refractivity contribution is -0.121. The second kappa shape index (κ2) is 7.98. The lowest BCUT2D eigenvalue weighted by Gasteiger charge is -2.15. The van der Waals surface area contributed by atoms with E-state index in [0.29, 0.717) is 5.02 Å². The Morgan fingerprint density at radius 3 is 2.56 bits per heavy atom. The molecule has 0 aliphatic carbocycles. The minimum absolute atomic E-state index is 0.0288. The second-order valence-electron chi connectivity index (χ2n) is 4.37. The van der Waals surface area contributed by atoms with Crippen molar-refractivity contribution in [2.24, 2.45) is 0 Å². The van der Waals surface area contributed by atoms with Crippen molar-refractivity contribution >= 4 is 23.2 Å². The van der Waals surface area contributed by atoms with E-state index in [0.717, 1.165) is 31.5 Å². The molecular weight excluding hydrogens is 248 g/mol. The van der Waals surface area contributed by atoms with Crippen LogP contribution in [0.2, 0.25) is 5.02 Å². The molecule has 100 valence electrons. The molecule has 0 fully saturated rings. The third-order valence-corrected chi connectivity index (χ3v) is 2.95. The summed E-state index contributed by atoms with van der Waals surface area (Å²) in [6.45, 7) is 4.75. The van der Waals surface area contributed by atoms with Gasteiger partial charge in [-0.05, 0) is 37.6 Å². The molecular formula is C14H21ClN2O. The molecule has 18 heavy (non-hydrogen) atoms. The zero-order valence-corrected chi connectivity index (χ0v) is 11.8. The third kappa shape index (κ3) is 5.41. The highest BCUT2D eigenvalue weighted by Crippen LogP contribution is 2.14. The molecule has 0 saturated carbocycles. The van der Waals surface area contributed by atoms with Crippen LogP contribution in [0.5, 0.6) is 0 Å². The van der Waals surface area contributed by atoms with E-state index in [1.165, 1.54) is 0 Å². The molecule has 1 aromatic carbocycles. The summed E-state index contributed by atoms with van der Waals surface area (Å²) >= 11 is 5.80. The molecule has 1 rings (SSSR count). The third-order valence-electron chi connectivity index (χ3n) is 2.70. The van der Waals surface area contributed by atoms with Crippen molar-refractivity contribution in [3.05, 3.63) is 29.3 Å². The lowest BCUT2D eigenvalue weighted by atomic mass is 10.2. The van der Waals surface area contributed by atoms with Gasteiger partial charge in [-0.15, -0.1) is 0 Å². The highest BCUT2D eigenvalue weighted by molar-refractivity contribution is 6.30. The van der Waals surface area contributed by atoms with E-state index >= 15 is 0 Å². The monoisotopic (exact) mass is 268 g/mol. The Labute approximate surface area is 114 Å². The molecule has 3 nitrogen and oxygen atoms in total. The zero-order chi connectivity index (χ0) is 13.4. The Hall–Kier alpha value is -1.22. The molecule has 0 saturated heterocycles. The smallest absolute Gasteiger partial charge is 0.242 e. The Bertz CT molecular complexity index is 365. The van der Waals surface area contributed by atoms with E-state index in [1.807, 2.05) is 19.1 Å². The average molecular weight is 269 g/mol. The number of rotatable bonds is 7. The van der Waals surface area contributed by atoms with E-state index in [2.05, 4.69) is 17.6 Å². The number of carbonyl (C=O) groups is 1. The first-order valence-corrected chi connectivity index (χ1v) is 6.81. The fraction of sp³-hybridized carbons (Fsp3) is 0.500. The van der Waals surface area contributed by atoms with Crippen LogP contribution in [-0.2, 0) is 4.79 Å². The Morgan fingerprint density at radius 1 is 1.28 bits per heavy atom. The minimum atomic E-state index is -0.243. The normalized spacial score (nSPS) is 11.9. The summed E-state index contributed by atoms with van der Waals surface area (Å²) in [6, 6.07) is 7.09. The molecule has 0 heterocycles. The van der Waals surface area contributed by atoms with Crippen molar-refractivity contribution in [3.8, 4) is 0 Å². The largest absolute Gasteiger partial charge is 0.374 e. The standard InChI is InChI=1S/C14H21ClN2O/c1-3-4-5-10-16-14(18)11(2)17-13-8-6-12(15)7-9-13/h6-9,11,17H,3-5,10H2,1-2H3,(H,16,18). The van der Waals surface area contributed by atoms with Crippen LogP contribution in [0.4, 0.5) is 5.69 Å². The first kappa shape index (κ1) is 14.8. The van der Waals surface area contributed by atoms with Crippen LogP contribution in [0.3, 0.4) is 0 Å². The number of benzene rings is 1. The molecule has 1 aromatic rings. The number of anilines is 1. The van der Waals surface area contributed by atoms with Crippen LogP contribution < -0.4 is 10.6 Å². The molecule has 1 atom stereocenters. The lowest BCUT2D eigenvalue weighted by Crippen LogP contribution is -2.37. The van der Waals surface area contributed by atoms with Crippen molar-refractivity contribution in [3.63, 3.8) is 0 Å². The Morgan fingerprint density at radius 2 is 1.94 bits per heavy atom. The summed E-state index contributed by atoms with van der Waals surface area (Å²) in [5, 5.41) is 6.75. The number of hydrogen-bond acceptors (Lipinski definition) is 2. The van der Waals surface area contributed by atoms with Gasteiger partial charge in [0, 0.05) is 17.3 Å². The van der Waals surface area contributed by atoms with Crippen molar-refractivity contribution in [2.75, 3.05) is 11.9 Å². The SMILES string of the molecule is CCCCCNC(=O)C(C)Nc1ccc(Cl)cc1. The second-order valence-corrected chi connectivity index (χ2v) is 4.81. The van der Waals surface area contributed by atoms with Crippen LogP contribution in [-0.4, -0.2) is 18.5 Å². The molecule has 1 unspecified atom stereocenters. The molecule has 0 aliphatic rings. The van der Waals surface area contributed by atoms with Crippen LogP contribution in [0.25, 0.3) is 0 Å². The maximum Gasteiger partial charge on any atom is 0.242 e. The van der Waals surface area contributed by atoms with Gasteiger partial charge in [0.25, 0.3) is 0 Å². The predicted octanol–water partition coefficient (Wildman–Crippen LogP) is 3.45. The van der Waals surface area contributed by atoms with Gasteiger partial charge in [-0.25, -0.2) is 0 Å². The van der Waals surface area contributed by atoms with Gasteiger partial charge in [0.2, 0.25) is 5.91 Å². The number of nitrogens with one attached hydrogen (secondary N) is 2. The van der Waals surface area contributed by atoms with E-state index in [-0.39, 0.29) is 11.9 Å². The topological polar surface area (TPSA) is 41.1 Å². The fourth-order valence-corrected chi connectivity index (χ4v) is 1.73. The molecule has 1 amide bonds. The van der Waals surface area contributed by atoms with Gasteiger partial charge in [-0.2, -0.15) is 0 Å². The number of unbranched alkanes of at least 4 members (excludes halogenated alkanes) is 2. The maximum absolute atomic E-state index is 11.8. The van der Waals surface area contributed by atoms with Crippen molar-refractivity contribution < 1.29 is 4.79 Å². The highest BCUT2D eigenvalue weighted by Gasteiger charge is 2.11. The van der Waals surface area contributed by atoms with Gasteiger partial charge in [0.1, 0.15) is 6.04 Å². The van der Waals surface area contributed by atoms with Crippen molar-refractivity contribution in [2.45, 2.75) is 39.2 Å². The van der Waals surface area contributed by atoms with Gasteiger partial charge in [0.15, 0.2) is 0 Å².